The molecule has 1 nitrogen and oxygen atoms in total. The Morgan fingerprint density at radius 2 is 1.75 bits per heavy atom. The van der Waals surface area contributed by atoms with Crippen molar-refractivity contribution in [3.8, 4) is 0 Å². The molecule has 0 aliphatic heterocycles. The lowest BCUT2D eigenvalue weighted by Crippen LogP contribution is -2.50. The Kier molecular flexibility index (Phi) is 3.57. The van der Waals surface area contributed by atoms with Crippen LogP contribution in [0.4, 0.5) is 0 Å². The minimum atomic E-state index is 0.479. The molecule has 0 spiro atoms. The Morgan fingerprint density at radius 3 is 2.17 bits per heavy atom. The van der Waals surface area contributed by atoms with E-state index in [2.05, 4.69) is 26.1 Å². The summed E-state index contributed by atoms with van der Waals surface area (Å²) < 4.78 is 0. The topological polar surface area (TPSA) is 12.0 Å². The largest absolute Gasteiger partial charge is 0.311 e. The molecular weight excluding hydrogens is 146 g/mol. The summed E-state index contributed by atoms with van der Waals surface area (Å²) in [5.41, 5.74) is 0.479. The first kappa shape index (κ1) is 10.0. The monoisotopic (exact) mass is 169 g/mol. The molecule has 0 amide bonds. The maximum atomic E-state index is 3.70. The van der Waals surface area contributed by atoms with Gasteiger partial charge in [0.2, 0.25) is 0 Å². The van der Waals surface area contributed by atoms with E-state index in [9.17, 15) is 0 Å². The van der Waals surface area contributed by atoms with E-state index < -0.39 is 0 Å². The third kappa shape index (κ3) is 2.01. The van der Waals surface area contributed by atoms with E-state index in [0.29, 0.717) is 5.54 Å². The van der Waals surface area contributed by atoms with Crippen molar-refractivity contribution in [3.05, 3.63) is 0 Å². The zero-order valence-corrected chi connectivity index (χ0v) is 8.82. The van der Waals surface area contributed by atoms with Gasteiger partial charge in [-0.3, -0.25) is 0 Å². The van der Waals surface area contributed by atoms with Gasteiger partial charge in [-0.2, -0.15) is 0 Å². The van der Waals surface area contributed by atoms with Crippen molar-refractivity contribution in [2.75, 3.05) is 6.54 Å². The van der Waals surface area contributed by atoms with E-state index in [1.54, 1.807) is 0 Å². The van der Waals surface area contributed by atoms with Crippen LogP contribution in [0.2, 0.25) is 0 Å². The Hall–Kier alpha value is -0.0400. The predicted molar refractivity (Wildman–Crippen MR) is 54.3 cm³/mol. The minimum absolute atomic E-state index is 0.479. The first-order valence-corrected chi connectivity index (χ1v) is 5.46. The molecule has 0 bridgehead atoms. The molecule has 1 N–H and O–H groups in total. The fourth-order valence-corrected chi connectivity index (χ4v) is 2.49. The zero-order chi connectivity index (χ0) is 9.03. The van der Waals surface area contributed by atoms with Gasteiger partial charge in [0.15, 0.2) is 0 Å². The fraction of sp³-hybridized carbons (Fsp3) is 1.00. The van der Waals surface area contributed by atoms with Crippen LogP contribution in [0.3, 0.4) is 0 Å². The molecule has 12 heavy (non-hydrogen) atoms. The average molecular weight is 169 g/mol. The summed E-state index contributed by atoms with van der Waals surface area (Å²) in [5, 5.41) is 3.70. The molecule has 1 heteroatoms. The van der Waals surface area contributed by atoms with Crippen LogP contribution in [0.1, 0.15) is 52.9 Å². The molecule has 1 saturated carbocycles. The molecule has 0 atom stereocenters. The standard InChI is InChI=1S/C11H23N/c1-4-12-11(10(2)3)8-6-5-7-9-11/h10,12H,4-9H2,1-3H3. The number of rotatable bonds is 3. The van der Waals surface area contributed by atoms with Gasteiger partial charge in [-0.1, -0.05) is 40.0 Å². The molecule has 0 aromatic carbocycles. The van der Waals surface area contributed by atoms with E-state index in [1.807, 2.05) is 0 Å². The van der Waals surface area contributed by atoms with Gasteiger partial charge in [0.25, 0.3) is 0 Å². The van der Waals surface area contributed by atoms with Gasteiger partial charge in [-0.25, -0.2) is 0 Å². The minimum Gasteiger partial charge on any atom is -0.311 e. The summed E-state index contributed by atoms with van der Waals surface area (Å²) in [6.07, 6.45) is 7.06. The molecular formula is C11H23N. The second-order valence-corrected chi connectivity index (χ2v) is 4.40. The first-order valence-electron chi connectivity index (χ1n) is 5.46. The lowest BCUT2D eigenvalue weighted by atomic mass is 9.74. The first-order chi connectivity index (χ1) is 5.71. The molecule has 0 aromatic heterocycles. The van der Waals surface area contributed by atoms with Gasteiger partial charge in [-0.15, -0.1) is 0 Å². The van der Waals surface area contributed by atoms with Crippen molar-refractivity contribution >= 4 is 0 Å². The van der Waals surface area contributed by atoms with Crippen molar-refractivity contribution in [3.63, 3.8) is 0 Å². The van der Waals surface area contributed by atoms with Crippen LogP contribution in [0.25, 0.3) is 0 Å². The summed E-state index contributed by atoms with van der Waals surface area (Å²) in [4.78, 5) is 0. The van der Waals surface area contributed by atoms with Crippen molar-refractivity contribution in [2.24, 2.45) is 5.92 Å². The van der Waals surface area contributed by atoms with E-state index in [0.717, 1.165) is 12.5 Å². The molecule has 0 radical (unpaired) electrons. The van der Waals surface area contributed by atoms with E-state index in [1.165, 1.54) is 32.1 Å². The number of hydrogen-bond donors (Lipinski definition) is 1. The Labute approximate surface area is 76.9 Å². The van der Waals surface area contributed by atoms with Gasteiger partial charge >= 0.3 is 0 Å². The number of hydrogen-bond acceptors (Lipinski definition) is 1. The molecule has 0 heterocycles. The third-order valence-corrected chi connectivity index (χ3v) is 3.38. The van der Waals surface area contributed by atoms with E-state index in [4.69, 9.17) is 0 Å². The smallest absolute Gasteiger partial charge is 0.0204 e. The Balaban J connectivity index is 2.56. The second kappa shape index (κ2) is 4.27. The predicted octanol–water partition coefficient (Wildman–Crippen LogP) is 2.95. The maximum Gasteiger partial charge on any atom is 0.0204 e. The van der Waals surface area contributed by atoms with Gasteiger partial charge < -0.3 is 5.32 Å². The Morgan fingerprint density at radius 1 is 1.17 bits per heavy atom. The summed E-state index contributed by atoms with van der Waals surface area (Å²) in [6.45, 7) is 8.05. The summed E-state index contributed by atoms with van der Waals surface area (Å²) in [7, 11) is 0. The lowest BCUT2D eigenvalue weighted by molar-refractivity contribution is 0.169. The highest BCUT2D eigenvalue weighted by atomic mass is 15.0. The average Bonchev–Trinajstić information content (AvgIpc) is 2.06. The van der Waals surface area contributed by atoms with Gasteiger partial charge in [0.1, 0.15) is 0 Å². The molecule has 1 aliphatic carbocycles. The van der Waals surface area contributed by atoms with Crippen LogP contribution in [0, 0.1) is 5.92 Å². The van der Waals surface area contributed by atoms with Crippen LogP contribution in [0.5, 0.6) is 0 Å². The highest BCUT2D eigenvalue weighted by molar-refractivity contribution is 4.92. The number of nitrogens with one attached hydrogen (secondary N) is 1. The van der Waals surface area contributed by atoms with Crippen molar-refractivity contribution in [2.45, 2.75) is 58.4 Å². The van der Waals surface area contributed by atoms with Crippen LogP contribution >= 0.6 is 0 Å². The molecule has 1 fully saturated rings. The quantitative estimate of drug-likeness (QED) is 0.685. The van der Waals surface area contributed by atoms with Crippen molar-refractivity contribution < 1.29 is 0 Å². The molecule has 72 valence electrons. The van der Waals surface area contributed by atoms with Crippen LogP contribution in [0.15, 0.2) is 0 Å². The second-order valence-electron chi connectivity index (χ2n) is 4.40. The Bertz CT molecular complexity index is 117. The van der Waals surface area contributed by atoms with Crippen LogP contribution in [-0.4, -0.2) is 12.1 Å². The van der Waals surface area contributed by atoms with Gasteiger partial charge in [0.05, 0.1) is 0 Å². The summed E-state index contributed by atoms with van der Waals surface area (Å²) >= 11 is 0. The summed E-state index contributed by atoms with van der Waals surface area (Å²) in [6, 6.07) is 0. The molecule has 0 aromatic rings. The highest BCUT2D eigenvalue weighted by Crippen LogP contribution is 2.33. The normalized spacial score (nSPS) is 23.0. The summed E-state index contributed by atoms with van der Waals surface area (Å²) in [5.74, 6) is 0.790. The van der Waals surface area contributed by atoms with Gasteiger partial charge in [0, 0.05) is 5.54 Å². The van der Waals surface area contributed by atoms with Crippen molar-refractivity contribution in [1.29, 1.82) is 0 Å². The van der Waals surface area contributed by atoms with Crippen LogP contribution in [-0.2, 0) is 0 Å². The zero-order valence-electron chi connectivity index (χ0n) is 8.82. The maximum absolute atomic E-state index is 3.70. The molecule has 0 saturated heterocycles. The van der Waals surface area contributed by atoms with E-state index >= 15 is 0 Å². The fourth-order valence-electron chi connectivity index (χ4n) is 2.49. The lowest BCUT2D eigenvalue weighted by Gasteiger charge is -2.41. The van der Waals surface area contributed by atoms with Crippen molar-refractivity contribution in [1.82, 2.24) is 5.32 Å². The molecule has 1 aliphatic rings. The SMILES string of the molecule is CCNC1(C(C)C)CCCCC1. The molecule has 1 rings (SSSR count). The van der Waals surface area contributed by atoms with Gasteiger partial charge in [-0.05, 0) is 25.3 Å². The highest BCUT2D eigenvalue weighted by Gasteiger charge is 2.33. The molecule has 0 unspecified atom stereocenters. The van der Waals surface area contributed by atoms with E-state index in [-0.39, 0.29) is 0 Å². The third-order valence-electron chi connectivity index (χ3n) is 3.38. The van der Waals surface area contributed by atoms with Crippen LogP contribution < -0.4 is 5.32 Å².